The highest BCUT2D eigenvalue weighted by Gasteiger charge is 2.47. The van der Waals surface area contributed by atoms with Crippen LogP contribution in [0.2, 0.25) is 0 Å². The van der Waals surface area contributed by atoms with Gasteiger partial charge in [-0.15, -0.1) is 0 Å². The number of fused-ring (bicyclic) bond motifs is 1. The molecule has 2 amide bonds. The number of aryl methyl sites for hydroxylation is 1. The number of hydrogen-bond acceptors (Lipinski definition) is 6. The zero-order chi connectivity index (χ0) is 27.1. The molecule has 0 bridgehead atoms. The third kappa shape index (κ3) is 5.18. The van der Waals surface area contributed by atoms with Crippen LogP contribution in [0.25, 0.3) is 11.2 Å². The Hall–Kier alpha value is -3.47. The molecule has 3 heterocycles. The predicted molar refractivity (Wildman–Crippen MR) is 138 cm³/mol. The number of nitrogens with one attached hydrogen (secondary N) is 1. The largest absolute Gasteiger partial charge is 0.465 e. The second kappa shape index (κ2) is 9.77. The Kier molecular flexibility index (Phi) is 7.02. The van der Waals surface area contributed by atoms with Gasteiger partial charge in [0.15, 0.2) is 5.65 Å². The van der Waals surface area contributed by atoms with Crippen LogP contribution in [0.15, 0.2) is 47.6 Å². The Morgan fingerprint density at radius 1 is 1.16 bits per heavy atom. The fourth-order valence-electron chi connectivity index (χ4n) is 5.11. The number of piperidine rings is 1. The number of likely N-dealkylation sites (tertiary alicyclic amines) is 1. The van der Waals surface area contributed by atoms with Gasteiger partial charge in [0.1, 0.15) is 5.52 Å². The van der Waals surface area contributed by atoms with Gasteiger partial charge in [0.2, 0.25) is 5.91 Å². The van der Waals surface area contributed by atoms with Crippen LogP contribution in [0, 0.1) is 24.2 Å². The van der Waals surface area contributed by atoms with Crippen molar-refractivity contribution in [3.8, 4) is 0 Å². The van der Waals surface area contributed by atoms with E-state index < -0.39 is 33.5 Å². The first-order chi connectivity index (χ1) is 17.3. The highest BCUT2D eigenvalue weighted by molar-refractivity contribution is 7.90. The summed E-state index contributed by atoms with van der Waals surface area (Å²) in [5.74, 6) is -0.739. The number of amides is 2. The molecule has 1 saturated heterocycles. The maximum Gasteiger partial charge on any atom is 0.407 e. The minimum absolute atomic E-state index is 0.00871. The van der Waals surface area contributed by atoms with E-state index in [9.17, 15) is 23.1 Å². The van der Waals surface area contributed by atoms with Crippen LogP contribution >= 0.6 is 0 Å². The lowest BCUT2D eigenvalue weighted by atomic mass is 9.69. The molecule has 1 unspecified atom stereocenters. The average Bonchev–Trinajstić information content (AvgIpc) is 3.26. The molecular weight excluding hydrogens is 494 g/mol. The van der Waals surface area contributed by atoms with E-state index in [-0.39, 0.29) is 28.9 Å². The molecule has 2 N–H and O–H groups in total. The molecule has 1 fully saturated rings. The summed E-state index contributed by atoms with van der Waals surface area (Å²) >= 11 is 0. The number of aromatic nitrogens is 3. The Morgan fingerprint density at radius 2 is 1.84 bits per heavy atom. The highest BCUT2D eigenvalue weighted by Crippen LogP contribution is 2.39. The quantitative estimate of drug-likeness (QED) is 0.517. The van der Waals surface area contributed by atoms with Crippen LogP contribution in [-0.4, -0.2) is 57.0 Å². The lowest BCUT2D eigenvalue weighted by molar-refractivity contribution is -0.133. The Morgan fingerprint density at radius 3 is 2.46 bits per heavy atom. The first-order valence-corrected chi connectivity index (χ1v) is 13.7. The van der Waals surface area contributed by atoms with Crippen molar-refractivity contribution >= 4 is 33.2 Å². The van der Waals surface area contributed by atoms with E-state index in [4.69, 9.17) is 0 Å². The molecule has 0 radical (unpaired) electrons. The molecule has 0 spiro atoms. The monoisotopic (exact) mass is 527 g/mol. The third-order valence-electron chi connectivity index (χ3n) is 6.98. The van der Waals surface area contributed by atoms with E-state index in [1.165, 1.54) is 17.3 Å². The molecule has 1 aliphatic heterocycles. The van der Waals surface area contributed by atoms with Crippen molar-refractivity contribution in [2.24, 2.45) is 17.3 Å². The van der Waals surface area contributed by atoms with E-state index in [1.807, 2.05) is 34.6 Å². The third-order valence-corrected chi connectivity index (χ3v) is 8.66. The summed E-state index contributed by atoms with van der Waals surface area (Å²) in [4.78, 5) is 35.6. The summed E-state index contributed by atoms with van der Waals surface area (Å²) in [6, 6.07) is 7.68. The van der Waals surface area contributed by atoms with Crippen LogP contribution in [0.3, 0.4) is 0 Å². The molecular formula is C26H33N5O5S. The molecule has 0 aliphatic carbocycles. The number of benzene rings is 1. The number of carbonyl (C=O) groups is 2. The first kappa shape index (κ1) is 26.6. The van der Waals surface area contributed by atoms with Crippen LogP contribution in [-0.2, 0) is 21.4 Å². The van der Waals surface area contributed by atoms with Crippen LogP contribution < -0.4 is 5.32 Å². The number of carboxylic acid groups (broad SMARTS) is 1. The van der Waals surface area contributed by atoms with E-state index >= 15 is 0 Å². The zero-order valence-electron chi connectivity index (χ0n) is 21.7. The van der Waals surface area contributed by atoms with Crippen LogP contribution in [0.4, 0.5) is 4.79 Å². The molecule has 3 aromatic rings. The minimum atomic E-state index is -3.84. The lowest BCUT2D eigenvalue weighted by Crippen LogP contribution is -2.60. The van der Waals surface area contributed by atoms with Crippen molar-refractivity contribution < 1.29 is 23.1 Å². The predicted octanol–water partition coefficient (Wildman–Crippen LogP) is 3.64. The number of nitrogens with zero attached hydrogens (tertiary/aromatic N) is 4. The van der Waals surface area contributed by atoms with Crippen molar-refractivity contribution in [1.29, 1.82) is 0 Å². The number of hydrogen-bond donors (Lipinski definition) is 2. The molecule has 37 heavy (non-hydrogen) atoms. The molecule has 11 heteroatoms. The van der Waals surface area contributed by atoms with Gasteiger partial charge in [0.05, 0.1) is 35.3 Å². The molecule has 198 valence electrons. The Bertz CT molecular complexity index is 1430. The summed E-state index contributed by atoms with van der Waals surface area (Å²) in [5.41, 5.74) is 1.58. The van der Waals surface area contributed by atoms with Crippen molar-refractivity contribution in [2.45, 2.75) is 58.5 Å². The van der Waals surface area contributed by atoms with Crippen molar-refractivity contribution in [3.63, 3.8) is 0 Å². The van der Waals surface area contributed by atoms with Gasteiger partial charge in [-0.1, -0.05) is 45.4 Å². The fraction of sp³-hybridized carbons (Fsp3) is 0.462. The number of rotatable bonds is 5. The second-order valence-corrected chi connectivity index (χ2v) is 12.6. The zero-order valence-corrected chi connectivity index (χ0v) is 22.5. The summed E-state index contributed by atoms with van der Waals surface area (Å²) in [7, 11) is -3.84. The van der Waals surface area contributed by atoms with Gasteiger partial charge in [0.25, 0.3) is 10.0 Å². The summed E-state index contributed by atoms with van der Waals surface area (Å²) in [6.07, 6.45) is 2.44. The molecule has 4 rings (SSSR count). The van der Waals surface area contributed by atoms with Gasteiger partial charge in [-0.05, 0) is 42.9 Å². The second-order valence-electron chi connectivity index (χ2n) is 10.8. The van der Waals surface area contributed by atoms with E-state index in [0.717, 1.165) is 9.54 Å². The molecule has 1 aromatic carbocycles. The van der Waals surface area contributed by atoms with Gasteiger partial charge in [-0.2, -0.15) is 0 Å². The van der Waals surface area contributed by atoms with Gasteiger partial charge in [0, 0.05) is 12.7 Å². The molecule has 1 aliphatic rings. The van der Waals surface area contributed by atoms with Crippen molar-refractivity contribution in [1.82, 2.24) is 24.2 Å². The van der Waals surface area contributed by atoms with Crippen molar-refractivity contribution in [3.05, 3.63) is 54.0 Å². The summed E-state index contributed by atoms with van der Waals surface area (Å²) in [5, 5.41) is 12.6. The van der Waals surface area contributed by atoms with Crippen LogP contribution in [0.1, 0.15) is 45.4 Å². The maximum absolute atomic E-state index is 13.3. The van der Waals surface area contributed by atoms with Crippen LogP contribution in [0.5, 0.6) is 0 Å². The molecule has 10 nitrogen and oxygen atoms in total. The van der Waals surface area contributed by atoms with Crippen molar-refractivity contribution in [2.75, 3.05) is 6.54 Å². The SMILES string of the molecule is Cc1ccc(S(=O)(=O)n2ccc3nc(CNC(=O)[C@H]4C(C(C)(C)C)N(C(=O)O)CC[C@H]4C)cnc32)cc1. The normalized spacial score (nSPS) is 20.7. The summed E-state index contributed by atoms with van der Waals surface area (Å²) in [6.45, 7) is 10.2. The van der Waals surface area contributed by atoms with Gasteiger partial charge >= 0.3 is 6.09 Å². The average molecular weight is 528 g/mol. The van der Waals surface area contributed by atoms with E-state index in [1.54, 1.807) is 30.3 Å². The van der Waals surface area contributed by atoms with E-state index in [2.05, 4.69) is 15.3 Å². The lowest BCUT2D eigenvalue weighted by Gasteiger charge is -2.48. The molecule has 3 atom stereocenters. The summed E-state index contributed by atoms with van der Waals surface area (Å²) < 4.78 is 27.3. The van der Waals surface area contributed by atoms with Gasteiger partial charge in [-0.25, -0.2) is 27.2 Å². The standard InChI is InChI=1S/C26H33N5O5S/c1-16-6-8-19(9-7-16)37(35,36)31-13-11-20-23(31)27-14-18(29-20)15-28-24(32)21-17(2)10-12-30(25(33)34)22(21)26(3,4)5/h6-9,11,13-14,17,21-22H,10,12,15H2,1-5H3,(H,28,32)(H,33,34)/t17-,21-,22?/m1/s1. The van der Waals surface area contributed by atoms with Gasteiger partial charge in [-0.3, -0.25) is 4.79 Å². The highest BCUT2D eigenvalue weighted by atomic mass is 32.2. The minimum Gasteiger partial charge on any atom is -0.465 e. The molecule has 0 saturated carbocycles. The first-order valence-electron chi connectivity index (χ1n) is 12.2. The van der Waals surface area contributed by atoms with Gasteiger partial charge < -0.3 is 15.3 Å². The fourth-order valence-corrected chi connectivity index (χ4v) is 6.41. The number of carbonyl (C=O) groups excluding carboxylic acids is 1. The smallest absolute Gasteiger partial charge is 0.407 e. The Balaban J connectivity index is 1.54. The van der Waals surface area contributed by atoms with E-state index in [0.29, 0.717) is 24.2 Å². The Labute approximate surface area is 216 Å². The molecule has 2 aromatic heterocycles. The topological polar surface area (TPSA) is 134 Å². The maximum atomic E-state index is 13.3.